The molecule has 2 fully saturated rings. The van der Waals surface area contributed by atoms with Gasteiger partial charge in [-0.25, -0.2) is 4.98 Å². The van der Waals surface area contributed by atoms with Crippen molar-refractivity contribution in [3.05, 3.63) is 52.3 Å². The Morgan fingerprint density at radius 2 is 1.95 bits per heavy atom. The predicted octanol–water partition coefficient (Wildman–Crippen LogP) is 4.06. The van der Waals surface area contributed by atoms with Gasteiger partial charge in [0.25, 0.3) is 5.71 Å². The van der Waals surface area contributed by atoms with Crippen LogP contribution in [0.15, 0.2) is 35.0 Å². The lowest BCUT2D eigenvalue weighted by molar-refractivity contribution is -0.147. The maximum absolute atomic E-state index is 14.3. The summed E-state index contributed by atoms with van der Waals surface area (Å²) in [6, 6.07) is 6.88. The Morgan fingerprint density at radius 3 is 2.73 bits per heavy atom. The van der Waals surface area contributed by atoms with Crippen molar-refractivity contribution in [1.29, 1.82) is 0 Å². The first-order valence-corrected chi connectivity index (χ1v) is 14.8. The molecule has 3 atom stereocenters. The van der Waals surface area contributed by atoms with Crippen molar-refractivity contribution in [2.45, 2.75) is 57.6 Å². The van der Waals surface area contributed by atoms with Gasteiger partial charge in [-0.05, 0) is 55.5 Å². The number of aromatic nitrogens is 2. The van der Waals surface area contributed by atoms with E-state index in [1.165, 1.54) is 0 Å². The summed E-state index contributed by atoms with van der Waals surface area (Å²) in [6.45, 7) is 1.59. The van der Waals surface area contributed by atoms with E-state index in [1.54, 1.807) is 13.2 Å². The van der Waals surface area contributed by atoms with E-state index < -0.39 is 12.0 Å². The summed E-state index contributed by atoms with van der Waals surface area (Å²) in [5.41, 5.74) is 2.78. The van der Waals surface area contributed by atoms with Gasteiger partial charge < -0.3 is 24.4 Å². The molecular weight excluding hydrogens is 546 g/mol. The smallest absolute Gasteiger partial charge is 0.258 e. The molecule has 1 N–H and O–H groups in total. The SMILES string of the molecule is CNC(=O)[C@@H]1CCCCC1C(=O)N1CCc2c(Cl)ccc(OCc3noc4ncccc34)c2[C@H]1CN1CCCC1=O. The summed E-state index contributed by atoms with van der Waals surface area (Å²) >= 11 is 6.73. The molecule has 3 aromatic rings. The van der Waals surface area contributed by atoms with Crippen LogP contribution in [0.1, 0.15) is 61.4 Å². The third-order valence-electron chi connectivity index (χ3n) is 8.77. The van der Waals surface area contributed by atoms with Crippen molar-refractivity contribution in [1.82, 2.24) is 25.3 Å². The fourth-order valence-electron chi connectivity index (χ4n) is 6.68. The van der Waals surface area contributed by atoms with Gasteiger partial charge in [-0.15, -0.1) is 0 Å². The van der Waals surface area contributed by atoms with Crippen LogP contribution in [0.5, 0.6) is 5.75 Å². The Morgan fingerprint density at radius 1 is 1.12 bits per heavy atom. The standard InChI is InChI=1S/C30H34ClN5O5/c1-32-28(38)18-6-2-3-7-19(18)30(39)36-15-12-20-22(31)10-11-25(27(20)24(36)16-35-14-5-9-26(35)37)40-17-23-21-8-4-13-33-29(21)41-34-23/h4,8,10-11,13,18-19,24H,2-3,5-7,9,12,14-17H2,1H3,(H,32,38)/t18-,19?,24-/m1/s1. The van der Waals surface area contributed by atoms with Gasteiger partial charge in [0.05, 0.1) is 11.4 Å². The predicted molar refractivity (Wildman–Crippen MR) is 151 cm³/mol. The van der Waals surface area contributed by atoms with Gasteiger partial charge in [0.2, 0.25) is 17.7 Å². The number of nitrogens with zero attached hydrogens (tertiary/aromatic N) is 4. The summed E-state index contributed by atoms with van der Waals surface area (Å²) in [6.07, 6.45) is 6.68. The lowest BCUT2D eigenvalue weighted by Crippen LogP contribution is -2.50. The maximum atomic E-state index is 14.3. The zero-order valence-corrected chi connectivity index (χ0v) is 23.9. The van der Waals surface area contributed by atoms with Crippen LogP contribution in [0.25, 0.3) is 11.1 Å². The van der Waals surface area contributed by atoms with Crippen LogP contribution in [0.3, 0.4) is 0 Å². The Kier molecular flexibility index (Phi) is 7.84. The highest BCUT2D eigenvalue weighted by atomic mass is 35.5. The molecule has 3 amide bonds. The first-order valence-electron chi connectivity index (χ1n) is 14.4. The van der Waals surface area contributed by atoms with Crippen LogP contribution in [0.2, 0.25) is 5.02 Å². The largest absolute Gasteiger partial charge is 0.487 e. The third-order valence-corrected chi connectivity index (χ3v) is 9.13. The highest BCUT2D eigenvalue weighted by Gasteiger charge is 2.43. The quantitative estimate of drug-likeness (QED) is 0.448. The lowest BCUT2D eigenvalue weighted by atomic mass is 9.77. The molecule has 4 heterocycles. The van der Waals surface area contributed by atoms with E-state index >= 15 is 0 Å². The molecule has 41 heavy (non-hydrogen) atoms. The molecule has 0 radical (unpaired) electrons. The Hall–Kier alpha value is -3.66. The van der Waals surface area contributed by atoms with Crippen LogP contribution in [0.4, 0.5) is 0 Å². The van der Waals surface area contributed by atoms with E-state index in [4.69, 9.17) is 20.9 Å². The van der Waals surface area contributed by atoms with Crippen molar-refractivity contribution in [3.63, 3.8) is 0 Å². The number of fused-ring (bicyclic) bond motifs is 2. The third kappa shape index (κ3) is 5.25. The second-order valence-corrected chi connectivity index (χ2v) is 11.5. The molecule has 6 rings (SSSR count). The van der Waals surface area contributed by atoms with E-state index in [2.05, 4.69) is 15.5 Å². The van der Waals surface area contributed by atoms with Gasteiger partial charge in [0, 0.05) is 61.7 Å². The molecule has 1 aliphatic carbocycles. The van der Waals surface area contributed by atoms with Crippen LogP contribution < -0.4 is 10.1 Å². The van der Waals surface area contributed by atoms with E-state index in [-0.39, 0.29) is 30.2 Å². The number of benzene rings is 1. The molecule has 2 aromatic heterocycles. The van der Waals surface area contributed by atoms with Crippen LogP contribution in [0, 0.1) is 11.8 Å². The van der Waals surface area contributed by atoms with Crippen molar-refractivity contribution < 1.29 is 23.6 Å². The summed E-state index contributed by atoms with van der Waals surface area (Å²) < 4.78 is 11.7. The number of pyridine rings is 1. The molecule has 11 heteroatoms. The minimum Gasteiger partial charge on any atom is -0.487 e. The molecule has 0 spiro atoms. The van der Waals surface area contributed by atoms with E-state index in [0.717, 1.165) is 35.8 Å². The summed E-state index contributed by atoms with van der Waals surface area (Å²) in [4.78, 5) is 47.7. The van der Waals surface area contributed by atoms with Gasteiger partial charge in [-0.3, -0.25) is 14.4 Å². The summed E-state index contributed by atoms with van der Waals surface area (Å²) in [5.74, 6) is -0.227. The number of nitrogens with one attached hydrogen (secondary N) is 1. The van der Waals surface area contributed by atoms with E-state index in [0.29, 0.717) is 67.5 Å². The van der Waals surface area contributed by atoms with Crippen molar-refractivity contribution >= 4 is 40.4 Å². The number of carbonyl (C=O) groups excluding carboxylic acids is 3. The molecule has 3 aliphatic rings. The van der Waals surface area contributed by atoms with Crippen LogP contribution >= 0.6 is 11.6 Å². The minimum atomic E-state index is -0.454. The first kappa shape index (κ1) is 27.5. The zero-order chi connectivity index (χ0) is 28.5. The van der Waals surface area contributed by atoms with E-state index in [1.807, 2.05) is 34.1 Å². The molecular formula is C30H34ClN5O5. The number of likely N-dealkylation sites (tertiary alicyclic amines) is 1. The molecule has 2 aliphatic heterocycles. The molecule has 1 aromatic carbocycles. The summed E-state index contributed by atoms with van der Waals surface area (Å²) in [7, 11) is 1.62. The van der Waals surface area contributed by atoms with Crippen molar-refractivity contribution in [3.8, 4) is 5.75 Å². The van der Waals surface area contributed by atoms with E-state index in [9.17, 15) is 14.4 Å². The number of ether oxygens (including phenoxy) is 1. The van der Waals surface area contributed by atoms with Crippen molar-refractivity contribution in [2.24, 2.45) is 11.8 Å². The highest BCUT2D eigenvalue weighted by molar-refractivity contribution is 6.31. The maximum Gasteiger partial charge on any atom is 0.258 e. The Bertz CT molecular complexity index is 1470. The monoisotopic (exact) mass is 579 g/mol. The normalized spacial score (nSPS) is 22.6. The van der Waals surface area contributed by atoms with Gasteiger partial charge in [-0.2, -0.15) is 0 Å². The van der Waals surface area contributed by atoms with Crippen molar-refractivity contribution in [2.75, 3.05) is 26.7 Å². The van der Waals surface area contributed by atoms with Crippen LogP contribution in [-0.2, 0) is 27.4 Å². The number of rotatable bonds is 7. The Balaban J connectivity index is 1.36. The molecule has 0 bridgehead atoms. The van der Waals surface area contributed by atoms with Gasteiger partial charge in [0.1, 0.15) is 18.1 Å². The number of hydrogen-bond acceptors (Lipinski definition) is 7. The molecule has 216 valence electrons. The van der Waals surface area contributed by atoms with Gasteiger partial charge in [0.15, 0.2) is 0 Å². The number of amides is 3. The average Bonchev–Trinajstić information content (AvgIpc) is 3.61. The van der Waals surface area contributed by atoms with Gasteiger partial charge >= 0.3 is 0 Å². The number of carbonyl (C=O) groups is 3. The minimum absolute atomic E-state index is 0.0416. The number of halogens is 1. The molecule has 10 nitrogen and oxygen atoms in total. The summed E-state index contributed by atoms with van der Waals surface area (Å²) in [5, 5.41) is 8.27. The fourth-order valence-corrected chi connectivity index (χ4v) is 6.94. The second kappa shape index (κ2) is 11.7. The van der Waals surface area contributed by atoms with Crippen LogP contribution in [-0.4, -0.2) is 64.3 Å². The molecule has 1 saturated heterocycles. The van der Waals surface area contributed by atoms with Gasteiger partial charge in [-0.1, -0.05) is 29.6 Å². The highest BCUT2D eigenvalue weighted by Crippen LogP contribution is 2.43. The topological polar surface area (TPSA) is 118 Å². The Labute approximate surface area is 243 Å². The average molecular weight is 580 g/mol. The second-order valence-electron chi connectivity index (χ2n) is 11.1. The zero-order valence-electron chi connectivity index (χ0n) is 23.1. The fraction of sp³-hybridized carbons (Fsp3) is 0.500. The number of hydrogen-bond donors (Lipinski definition) is 1. The molecule has 1 saturated carbocycles. The lowest BCUT2D eigenvalue weighted by Gasteiger charge is -2.43. The first-order chi connectivity index (χ1) is 20.0. The molecule has 1 unspecified atom stereocenters.